The summed E-state index contributed by atoms with van der Waals surface area (Å²) in [6.07, 6.45) is 10.1. The first kappa shape index (κ1) is 23.0. The molecule has 1 amide bonds. The largest absolute Gasteiger partial charge is 0.383 e. The van der Waals surface area contributed by atoms with Gasteiger partial charge in [-0.1, -0.05) is 25.7 Å². The van der Waals surface area contributed by atoms with Gasteiger partial charge in [-0.3, -0.25) is 9.69 Å². The number of methoxy groups -OCH3 is 1. The second-order valence-corrected chi connectivity index (χ2v) is 7.60. The summed E-state index contributed by atoms with van der Waals surface area (Å²) in [6, 6.07) is 0.622. The van der Waals surface area contributed by atoms with Crippen molar-refractivity contribution in [1.82, 2.24) is 19.8 Å². The van der Waals surface area contributed by atoms with Gasteiger partial charge in [0.05, 0.1) is 18.2 Å². The molecule has 1 aliphatic heterocycles. The lowest BCUT2D eigenvalue weighted by Gasteiger charge is -2.36. The fourth-order valence-electron chi connectivity index (χ4n) is 3.59. The fraction of sp³-hybridized carbons (Fsp3) is 0.591. The minimum absolute atomic E-state index is 0.0000813. The van der Waals surface area contributed by atoms with Gasteiger partial charge in [0, 0.05) is 45.2 Å². The molecule has 7 heteroatoms. The monoisotopic (exact) mass is 401 g/mol. The van der Waals surface area contributed by atoms with Crippen molar-refractivity contribution >= 4 is 11.9 Å². The Bertz CT molecular complexity index is 681. The van der Waals surface area contributed by atoms with E-state index in [1.165, 1.54) is 0 Å². The van der Waals surface area contributed by atoms with E-state index in [4.69, 9.17) is 4.74 Å². The Morgan fingerprint density at radius 3 is 2.62 bits per heavy atom. The van der Waals surface area contributed by atoms with E-state index in [-0.39, 0.29) is 11.9 Å². The number of carbonyl (C=O) groups is 1. The Balaban J connectivity index is 1.86. The lowest BCUT2D eigenvalue weighted by atomic mass is 10.0. The molecule has 2 rings (SSSR count). The quantitative estimate of drug-likeness (QED) is 0.608. The predicted molar refractivity (Wildman–Crippen MR) is 117 cm³/mol. The summed E-state index contributed by atoms with van der Waals surface area (Å²) in [7, 11) is 3.80. The number of anilines is 1. The Hall–Kier alpha value is -2.25. The molecular weight excluding hydrogens is 366 g/mol. The predicted octanol–water partition coefficient (Wildman–Crippen LogP) is 2.98. The van der Waals surface area contributed by atoms with Gasteiger partial charge in [-0.15, -0.1) is 0 Å². The van der Waals surface area contributed by atoms with Crippen LogP contribution in [0.3, 0.4) is 0 Å². The van der Waals surface area contributed by atoms with E-state index in [9.17, 15) is 4.79 Å². The van der Waals surface area contributed by atoms with E-state index >= 15 is 0 Å². The zero-order chi connectivity index (χ0) is 21.2. The molecule has 1 saturated heterocycles. The normalized spacial score (nSPS) is 16.4. The molecule has 1 aromatic rings. The number of allylic oxidation sites excluding steroid dienone is 1. The summed E-state index contributed by atoms with van der Waals surface area (Å²) in [5.74, 6) is 0.520. The van der Waals surface area contributed by atoms with Gasteiger partial charge in [-0.05, 0) is 38.8 Å². The van der Waals surface area contributed by atoms with Crippen molar-refractivity contribution in [3.05, 3.63) is 42.3 Å². The number of hydrogen-bond acceptors (Lipinski definition) is 6. The number of aromatic nitrogens is 2. The standard InChI is InChI=1S/C22H35N5O2/c1-6-8-17(3)15-26(4)20-9-11-27(12-10-20)21(28)18-13-23-22(24-14-18)25-19(7-2)16-29-5/h6,8,13-14,19-20H,3,7,9-12,15-16H2,1-2,4-5H3,(H,23,24,25). The maximum absolute atomic E-state index is 12.8. The van der Waals surface area contributed by atoms with Crippen LogP contribution in [0.25, 0.3) is 0 Å². The molecule has 1 unspecified atom stereocenters. The molecule has 1 aromatic heterocycles. The summed E-state index contributed by atoms with van der Waals surface area (Å²) in [6.45, 7) is 11.1. The minimum atomic E-state index is -0.0000813. The van der Waals surface area contributed by atoms with E-state index in [0.29, 0.717) is 24.2 Å². The molecule has 2 heterocycles. The molecule has 7 nitrogen and oxygen atoms in total. The number of likely N-dealkylation sites (N-methyl/N-ethyl adjacent to an activating group) is 1. The maximum atomic E-state index is 12.8. The van der Waals surface area contributed by atoms with Gasteiger partial charge in [0.15, 0.2) is 0 Å². The van der Waals surface area contributed by atoms with E-state index in [2.05, 4.69) is 40.7 Å². The van der Waals surface area contributed by atoms with Gasteiger partial charge in [0.2, 0.25) is 5.95 Å². The number of amides is 1. The molecule has 0 saturated carbocycles. The van der Waals surface area contributed by atoms with Gasteiger partial charge in [-0.25, -0.2) is 9.97 Å². The second-order valence-electron chi connectivity index (χ2n) is 7.60. The lowest BCUT2D eigenvalue weighted by Crippen LogP contribution is -2.46. The highest BCUT2D eigenvalue weighted by molar-refractivity contribution is 5.93. The van der Waals surface area contributed by atoms with Gasteiger partial charge in [0.1, 0.15) is 0 Å². The van der Waals surface area contributed by atoms with Crippen LogP contribution in [0.4, 0.5) is 5.95 Å². The van der Waals surface area contributed by atoms with Crippen LogP contribution in [0.15, 0.2) is 36.7 Å². The first-order chi connectivity index (χ1) is 14.0. The van der Waals surface area contributed by atoms with Crippen LogP contribution in [0.5, 0.6) is 0 Å². The first-order valence-electron chi connectivity index (χ1n) is 10.4. The Labute approximate surface area is 174 Å². The number of hydrogen-bond donors (Lipinski definition) is 1. The van der Waals surface area contributed by atoms with Crippen LogP contribution in [0, 0.1) is 0 Å². The van der Waals surface area contributed by atoms with Crippen molar-refractivity contribution < 1.29 is 9.53 Å². The average Bonchev–Trinajstić information content (AvgIpc) is 2.73. The number of piperidine rings is 1. The third-order valence-corrected chi connectivity index (χ3v) is 5.32. The van der Waals surface area contributed by atoms with Crippen molar-refractivity contribution in [3.8, 4) is 0 Å². The van der Waals surface area contributed by atoms with Crippen molar-refractivity contribution in [3.63, 3.8) is 0 Å². The highest BCUT2D eigenvalue weighted by atomic mass is 16.5. The van der Waals surface area contributed by atoms with Gasteiger partial charge in [0.25, 0.3) is 5.91 Å². The van der Waals surface area contributed by atoms with Crippen molar-refractivity contribution in [2.24, 2.45) is 0 Å². The first-order valence-corrected chi connectivity index (χ1v) is 10.4. The molecule has 0 spiro atoms. The zero-order valence-electron chi connectivity index (χ0n) is 18.2. The van der Waals surface area contributed by atoms with Crippen LogP contribution >= 0.6 is 0 Å². The van der Waals surface area contributed by atoms with Crippen LogP contribution in [-0.2, 0) is 4.74 Å². The van der Waals surface area contributed by atoms with E-state index in [1.807, 2.05) is 24.0 Å². The van der Waals surface area contributed by atoms with Crippen LogP contribution in [0.1, 0.15) is 43.5 Å². The number of likely N-dealkylation sites (tertiary alicyclic amines) is 1. The van der Waals surface area contributed by atoms with Gasteiger partial charge < -0.3 is 15.0 Å². The lowest BCUT2D eigenvalue weighted by molar-refractivity contribution is 0.0652. The van der Waals surface area contributed by atoms with E-state index < -0.39 is 0 Å². The topological polar surface area (TPSA) is 70.6 Å². The molecule has 1 fully saturated rings. The number of nitrogens with one attached hydrogen (secondary N) is 1. The Morgan fingerprint density at radius 2 is 2.07 bits per heavy atom. The molecule has 1 atom stereocenters. The van der Waals surface area contributed by atoms with Gasteiger partial charge >= 0.3 is 0 Å². The third-order valence-electron chi connectivity index (χ3n) is 5.32. The molecule has 1 aliphatic rings. The van der Waals surface area contributed by atoms with Crippen LogP contribution < -0.4 is 5.32 Å². The molecule has 0 aromatic carbocycles. The van der Waals surface area contributed by atoms with Gasteiger partial charge in [-0.2, -0.15) is 0 Å². The number of carbonyl (C=O) groups excluding carboxylic acids is 1. The van der Waals surface area contributed by atoms with Crippen molar-refractivity contribution in [2.75, 3.05) is 45.7 Å². The SMILES string of the molecule is C=C(C=CC)CN(C)C1CCN(C(=O)c2cnc(NC(CC)COC)nc2)CC1. The number of rotatable bonds is 10. The summed E-state index contributed by atoms with van der Waals surface area (Å²) >= 11 is 0. The van der Waals surface area contributed by atoms with Crippen LogP contribution in [0.2, 0.25) is 0 Å². The maximum Gasteiger partial charge on any atom is 0.256 e. The van der Waals surface area contributed by atoms with Crippen molar-refractivity contribution in [1.29, 1.82) is 0 Å². The van der Waals surface area contributed by atoms with Crippen molar-refractivity contribution in [2.45, 2.75) is 45.2 Å². The van der Waals surface area contributed by atoms with Crippen LogP contribution in [-0.4, -0.2) is 78.2 Å². The molecule has 1 N–H and O–H groups in total. The third kappa shape index (κ3) is 6.94. The molecular formula is C22H35N5O2. The summed E-state index contributed by atoms with van der Waals surface area (Å²) in [5.41, 5.74) is 1.64. The average molecular weight is 402 g/mol. The summed E-state index contributed by atoms with van der Waals surface area (Å²) in [5, 5.41) is 3.23. The van der Waals surface area contributed by atoms with E-state index in [1.54, 1.807) is 19.5 Å². The fourth-order valence-corrected chi connectivity index (χ4v) is 3.59. The highest BCUT2D eigenvalue weighted by Gasteiger charge is 2.26. The number of ether oxygens (including phenoxy) is 1. The molecule has 0 radical (unpaired) electrons. The Kier molecular flexibility index (Phi) is 9.28. The zero-order valence-corrected chi connectivity index (χ0v) is 18.2. The Morgan fingerprint density at radius 1 is 1.41 bits per heavy atom. The molecule has 29 heavy (non-hydrogen) atoms. The summed E-state index contributed by atoms with van der Waals surface area (Å²) in [4.78, 5) is 25.6. The minimum Gasteiger partial charge on any atom is -0.383 e. The highest BCUT2D eigenvalue weighted by Crippen LogP contribution is 2.18. The second kappa shape index (κ2) is 11.7. The summed E-state index contributed by atoms with van der Waals surface area (Å²) < 4.78 is 5.18. The van der Waals surface area contributed by atoms with E-state index in [0.717, 1.165) is 44.5 Å². The molecule has 0 bridgehead atoms. The smallest absolute Gasteiger partial charge is 0.256 e. The number of nitrogens with zero attached hydrogens (tertiary/aromatic N) is 4. The molecule has 0 aliphatic carbocycles. The molecule has 160 valence electrons.